The number of carbonyl (C=O) groups is 4. The Morgan fingerprint density at radius 2 is 0.451 bits per heavy atom. The largest absolute Gasteiger partial charge is 0.472 e. The minimum absolute atomic E-state index is 0.107. The lowest BCUT2D eigenvalue weighted by molar-refractivity contribution is -0.161. The van der Waals surface area contributed by atoms with E-state index in [1.807, 2.05) is 0 Å². The van der Waals surface area contributed by atoms with Gasteiger partial charge in [-0.25, -0.2) is 9.13 Å². The third kappa shape index (κ3) is 76.3. The van der Waals surface area contributed by atoms with Crippen LogP contribution in [-0.4, -0.2) is 96.7 Å². The summed E-state index contributed by atoms with van der Waals surface area (Å²) in [6.45, 7) is 7.25. The molecular weight excluding hydrogens is 1330 g/mol. The SMILES string of the molecule is CCCCCCCCCCCCCCCCCCCCCCCCC(=O)O[C@H](COC(=O)CCCCCCCCCCCCCCCCCCCC)COP(=O)(O)OC[C@@H](O)COP(=O)(O)OC[C@@H](COC(=O)CCCCCCCCC(C)C)OC(=O)CCCCCCCCCCCCCCC. The molecule has 0 aliphatic heterocycles. The zero-order valence-electron chi connectivity index (χ0n) is 66.8. The Balaban J connectivity index is 5.19. The van der Waals surface area contributed by atoms with Crippen molar-refractivity contribution in [1.82, 2.24) is 0 Å². The lowest BCUT2D eigenvalue weighted by Gasteiger charge is -2.21. The van der Waals surface area contributed by atoms with Crippen molar-refractivity contribution in [1.29, 1.82) is 0 Å². The Hall–Kier alpha value is -1.94. The van der Waals surface area contributed by atoms with Gasteiger partial charge < -0.3 is 33.8 Å². The van der Waals surface area contributed by atoms with Gasteiger partial charge in [0.25, 0.3) is 0 Å². The van der Waals surface area contributed by atoms with Crippen LogP contribution in [0.1, 0.15) is 446 Å². The summed E-state index contributed by atoms with van der Waals surface area (Å²) >= 11 is 0. The van der Waals surface area contributed by atoms with E-state index in [0.29, 0.717) is 31.6 Å². The highest BCUT2D eigenvalue weighted by Crippen LogP contribution is 2.45. The zero-order chi connectivity index (χ0) is 74.8. The molecule has 0 aliphatic carbocycles. The molecule has 0 aromatic heterocycles. The second-order valence-electron chi connectivity index (χ2n) is 30.3. The predicted molar refractivity (Wildman–Crippen MR) is 418 cm³/mol. The molecule has 0 rings (SSSR count). The van der Waals surface area contributed by atoms with Gasteiger partial charge in [-0.3, -0.25) is 37.3 Å². The maximum atomic E-state index is 13.1. The lowest BCUT2D eigenvalue weighted by atomic mass is 10.0. The van der Waals surface area contributed by atoms with Gasteiger partial charge in [-0.05, 0) is 31.6 Å². The minimum Gasteiger partial charge on any atom is -0.462 e. The fraction of sp³-hybridized carbons (Fsp3) is 0.952. The van der Waals surface area contributed by atoms with Crippen LogP contribution in [0.2, 0.25) is 0 Å². The van der Waals surface area contributed by atoms with Gasteiger partial charge in [0, 0.05) is 25.7 Å². The minimum atomic E-state index is -4.96. The van der Waals surface area contributed by atoms with Crippen LogP contribution < -0.4 is 0 Å². The molecule has 606 valence electrons. The average Bonchev–Trinajstić information content (AvgIpc) is 0.931. The van der Waals surface area contributed by atoms with Gasteiger partial charge in [-0.2, -0.15) is 0 Å². The number of phosphoric acid groups is 2. The van der Waals surface area contributed by atoms with E-state index in [9.17, 15) is 43.2 Å². The Morgan fingerprint density at radius 1 is 0.265 bits per heavy atom. The number of hydrogen-bond donors (Lipinski definition) is 3. The van der Waals surface area contributed by atoms with E-state index in [-0.39, 0.29) is 25.7 Å². The van der Waals surface area contributed by atoms with Crippen LogP contribution >= 0.6 is 15.6 Å². The summed E-state index contributed by atoms with van der Waals surface area (Å²) in [7, 11) is -9.92. The van der Waals surface area contributed by atoms with Crippen LogP contribution in [0.25, 0.3) is 0 Å². The van der Waals surface area contributed by atoms with Crippen molar-refractivity contribution in [3.63, 3.8) is 0 Å². The molecule has 0 aromatic carbocycles. The molecule has 0 saturated carbocycles. The highest BCUT2D eigenvalue weighted by molar-refractivity contribution is 7.47. The van der Waals surface area contributed by atoms with Crippen molar-refractivity contribution < 1.29 is 80.2 Å². The van der Waals surface area contributed by atoms with Crippen LogP contribution in [0.15, 0.2) is 0 Å². The summed E-state index contributed by atoms with van der Waals surface area (Å²) in [6, 6.07) is 0. The van der Waals surface area contributed by atoms with E-state index in [4.69, 9.17) is 37.0 Å². The Kier molecular flexibility index (Phi) is 74.4. The average molecular weight is 1490 g/mol. The van der Waals surface area contributed by atoms with Crippen molar-refractivity contribution in [2.24, 2.45) is 5.92 Å². The lowest BCUT2D eigenvalue weighted by Crippen LogP contribution is -2.30. The number of aliphatic hydroxyl groups is 1. The first kappa shape index (κ1) is 100. The molecule has 0 radical (unpaired) electrons. The molecule has 19 heteroatoms. The standard InChI is InChI=1S/C83H162O17P2/c1-6-9-12-15-18-21-24-27-29-31-33-34-35-36-38-40-43-46-49-52-59-64-69-82(87)99-78(72-93-80(85)66-61-56-50-47-44-42-39-37-32-30-28-25-22-19-16-13-10-7-2)74-97-101(89,90)95-70-77(84)71-96-102(91,92)98-75-79(73-94-81(86)67-62-57-54-53-55-60-65-76(4)5)100-83(88)68-63-58-51-48-45-41-26-23-20-17-14-11-8-3/h76-79,84H,6-75H2,1-5H3,(H,89,90)(H,91,92)/t77-,78-,79-/m1/s1. The quantitative estimate of drug-likeness (QED) is 0.0222. The Bertz CT molecular complexity index is 1940. The normalized spacial score (nSPS) is 13.8. The van der Waals surface area contributed by atoms with Gasteiger partial charge in [-0.15, -0.1) is 0 Å². The van der Waals surface area contributed by atoms with Crippen molar-refractivity contribution >= 4 is 39.5 Å². The fourth-order valence-corrected chi connectivity index (χ4v) is 14.5. The van der Waals surface area contributed by atoms with E-state index >= 15 is 0 Å². The first-order valence-electron chi connectivity index (χ1n) is 43.1. The van der Waals surface area contributed by atoms with Gasteiger partial charge in [0.05, 0.1) is 26.4 Å². The summed E-state index contributed by atoms with van der Waals surface area (Å²) < 4.78 is 68.7. The molecule has 0 saturated heterocycles. The number of aliphatic hydroxyl groups excluding tert-OH is 1. The van der Waals surface area contributed by atoms with Gasteiger partial charge in [0.15, 0.2) is 12.2 Å². The number of ether oxygens (including phenoxy) is 4. The van der Waals surface area contributed by atoms with E-state index in [2.05, 4.69) is 34.6 Å². The van der Waals surface area contributed by atoms with Crippen LogP contribution in [-0.2, 0) is 65.4 Å². The molecule has 0 amide bonds. The predicted octanol–water partition coefficient (Wildman–Crippen LogP) is 25.2. The highest BCUT2D eigenvalue weighted by atomic mass is 31.2. The van der Waals surface area contributed by atoms with Crippen LogP contribution in [0, 0.1) is 5.92 Å². The molecule has 3 N–H and O–H groups in total. The molecule has 2 unspecified atom stereocenters. The van der Waals surface area contributed by atoms with Crippen LogP contribution in [0.5, 0.6) is 0 Å². The van der Waals surface area contributed by atoms with Crippen molar-refractivity contribution in [3.8, 4) is 0 Å². The number of esters is 4. The number of hydrogen-bond acceptors (Lipinski definition) is 15. The first-order valence-corrected chi connectivity index (χ1v) is 46.1. The third-order valence-electron chi connectivity index (χ3n) is 19.5. The van der Waals surface area contributed by atoms with E-state index in [0.717, 1.165) is 96.3 Å². The Morgan fingerprint density at radius 3 is 0.667 bits per heavy atom. The van der Waals surface area contributed by atoms with Crippen molar-refractivity contribution in [2.45, 2.75) is 464 Å². The summed E-state index contributed by atoms with van der Waals surface area (Å²) in [5, 5.41) is 10.6. The van der Waals surface area contributed by atoms with E-state index < -0.39 is 97.5 Å². The summed E-state index contributed by atoms with van der Waals surface area (Å²) in [5.74, 6) is -1.43. The zero-order valence-corrected chi connectivity index (χ0v) is 68.5. The second-order valence-corrected chi connectivity index (χ2v) is 33.3. The number of unbranched alkanes of at least 4 members (excludes halogenated alkanes) is 55. The summed E-state index contributed by atoms with van der Waals surface area (Å²) in [4.78, 5) is 73.0. The monoisotopic (exact) mass is 1490 g/mol. The van der Waals surface area contributed by atoms with Crippen molar-refractivity contribution in [2.75, 3.05) is 39.6 Å². The van der Waals surface area contributed by atoms with Gasteiger partial charge in [0.1, 0.15) is 19.3 Å². The molecule has 0 spiro atoms. The first-order chi connectivity index (χ1) is 49.5. The van der Waals surface area contributed by atoms with E-state index in [1.54, 1.807) is 0 Å². The van der Waals surface area contributed by atoms with Gasteiger partial charge in [-0.1, -0.05) is 394 Å². The molecule has 17 nitrogen and oxygen atoms in total. The molecular formula is C83H162O17P2. The molecule has 0 heterocycles. The maximum Gasteiger partial charge on any atom is 0.472 e. The number of rotatable bonds is 83. The molecule has 0 bridgehead atoms. The molecule has 0 aliphatic rings. The number of phosphoric ester groups is 2. The molecule has 0 fully saturated rings. The van der Waals surface area contributed by atoms with Gasteiger partial charge >= 0.3 is 39.5 Å². The van der Waals surface area contributed by atoms with Crippen LogP contribution in [0.3, 0.4) is 0 Å². The second kappa shape index (κ2) is 75.9. The third-order valence-corrected chi connectivity index (χ3v) is 21.4. The smallest absolute Gasteiger partial charge is 0.462 e. The molecule has 5 atom stereocenters. The van der Waals surface area contributed by atoms with Gasteiger partial charge in [0.2, 0.25) is 0 Å². The van der Waals surface area contributed by atoms with E-state index in [1.165, 1.54) is 263 Å². The maximum absolute atomic E-state index is 13.1. The summed E-state index contributed by atoms with van der Waals surface area (Å²) in [5.41, 5.74) is 0. The fourth-order valence-electron chi connectivity index (χ4n) is 12.9. The summed E-state index contributed by atoms with van der Waals surface area (Å²) in [6.07, 6.45) is 68.3. The van der Waals surface area contributed by atoms with Crippen molar-refractivity contribution in [3.05, 3.63) is 0 Å². The van der Waals surface area contributed by atoms with Crippen LogP contribution in [0.4, 0.5) is 0 Å². The highest BCUT2D eigenvalue weighted by Gasteiger charge is 2.30. The molecule has 0 aromatic rings. The molecule has 102 heavy (non-hydrogen) atoms. The number of carbonyl (C=O) groups excluding carboxylic acids is 4. The topological polar surface area (TPSA) is 237 Å². The Labute approximate surface area is 626 Å².